The van der Waals surface area contributed by atoms with Crippen molar-refractivity contribution in [2.75, 3.05) is 5.32 Å². The highest BCUT2D eigenvalue weighted by Gasteiger charge is 2.11. The molecule has 4 nitrogen and oxygen atoms in total. The van der Waals surface area contributed by atoms with Gasteiger partial charge in [-0.05, 0) is 19.1 Å². The lowest BCUT2D eigenvalue weighted by atomic mass is 10.4. The normalized spacial score (nSPS) is 10.4. The number of hydrogen-bond acceptors (Lipinski definition) is 4. The summed E-state index contributed by atoms with van der Waals surface area (Å²) in [6, 6.07) is 3.36. The molecule has 2 heterocycles. The number of nitrogens with one attached hydrogen (secondary N) is 1. The maximum atomic E-state index is 11.7. The summed E-state index contributed by atoms with van der Waals surface area (Å²) >= 11 is 6.94. The number of amides is 1. The Kier molecular flexibility index (Phi) is 3.26. The van der Waals surface area contributed by atoms with Crippen molar-refractivity contribution in [1.82, 2.24) is 4.98 Å². The molecule has 84 valence electrons. The molecule has 0 saturated heterocycles. The van der Waals surface area contributed by atoms with E-state index in [-0.39, 0.29) is 11.7 Å². The lowest BCUT2D eigenvalue weighted by Crippen LogP contribution is -2.10. The first-order chi connectivity index (χ1) is 7.69. The lowest BCUT2D eigenvalue weighted by molar-refractivity contribution is 0.0995. The summed E-state index contributed by atoms with van der Waals surface area (Å²) < 4.78 is 5.19. The molecule has 0 bridgehead atoms. The summed E-state index contributed by atoms with van der Waals surface area (Å²) in [5.41, 5.74) is 0.748. The van der Waals surface area contributed by atoms with Gasteiger partial charge in [-0.15, -0.1) is 22.9 Å². The van der Waals surface area contributed by atoms with Gasteiger partial charge in [0, 0.05) is 5.38 Å². The van der Waals surface area contributed by atoms with Crippen molar-refractivity contribution in [3.05, 3.63) is 34.7 Å². The average Bonchev–Trinajstić information content (AvgIpc) is 2.87. The van der Waals surface area contributed by atoms with Gasteiger partial charge in [0.05, 0.1) is 11.6 Å². The highest BCUT2D eigenvalue weighted by atomic mass is 35.5. The molecule has 1 amide bonds. The van der Waals surface area contributed by atoms with E-state index in [4.69, 9.17) is 16.0 Å². The van der Waals surface area contributed by atoms with E-state index in [0.717, 1.165) is 5.69 Å². The van der Waals surface area contributed by atoms with Gasteiger partial charge in [-0.2, -0.15) is 0 Å². The number of thiazole rings is 1. The van der Waals surface area contributed by atoms with E-state index in [1.165, 1.54) is 11.3 Å². The quantitative estimate of drug-likeness (QED) is 0.859. The van der Waals surface area contributed by atoms with Gasteiger partial charge in [-0.1, -0.05) is 0 Å². The zero-order chi connectivity index (χ0) is 11.5. The number of anilines is 1. The number of rotatable bonds is 3. The maximum Gasteiger partial charge on any atom is 0.293 e. The molecule has 2 rings (SSSR count). The number of aryl methyl sites for hydroxylation is 1. The van der Waals surface area contributed by atoms with Crippen LogP contribution in [0.4, 0.5) is 5.13 Å². The van der Waals surface area contributed by atoms with Crippen LogP contribution in [0.15, 0.2) is 21.9 Å². The summed E-state index contributed by atoms with van der Waals surface area (Å²) in [5, 5.41) is 4.97. The SMILES string of the molecule is Cc1ccc(C(=O)Nc2nc(CCl)cs2)o1. The lowest BCUT2D eigenvalue weighted by Gasteiger charge is -1.97. The number of nitrogens with zero attached hydrogens (tertiary/aromatic N) is 1. The van der Waals surface area contributed by atoms with E-state index >= 15 is 0 Å². The van der Waals surface area contributed by atoms with Crippen LogP contribution in [0, 0.1) is 6.92 Å². The van der Waals surface area contributed by atoms with Crippen LogP contribution in [-0.4, -0.2) is 10.9 Å². The monoisotopic (exact) mass is 256 g/mol. The average molecular weight is 257 g/mol. The number of hydrogen-bond donors (Lipinski definition) is 1. The van der Waals surface area contributed by atoms with E-state index in [2.05, 4.69) is 10.3 Å². The van der Waals surface area contributed by atoms with Crippen molar-refractivity contribution >= 4 is 34.0 Å². The minimum Gasteiger partial charge on any atom is -0.456 e. The molecule has 0 spiro atoms. The van der Waals surface area contributed by atoms with Crippen LogP contribution in [-0.2, 0) is 5.88 Å². The molecule has 0 aliphatic heterocycles. The van der Waals surface area contributed by atoms with Crippen molar-refractivity contribution in [2.45, 2.75) is 12.8 Å². The Bertz CT molecular complexity index is 506. The Morgan fingerprint density at radius 1 is 1.62 bits per heavy atom. The van der Waals surface area contributed by atoms with Crippen molar-refractivity contribution < 1.29 is 9.21 Å². The first-order valence-corrected chi connectivity index (χ1v) is 5.98. The second-order valence-electron chi connectivity index (χ2n) is 3.14. The zero-order valence-electron chi connectivity index (χ0n) is 8.49. The van der Waals surface area contributed by atoms with E-state index in [1.807, 2.05) is 0 Å². The standard InChI is InChI=1S/C10H9ClN2O2S/c1-6-2-3-8(15-6)9(14)13-10-12-7(4-11)5-16-10/h2-3,5H,4H2,1H3,(H,12,13,14). The summed E-state index contributed by atoms with van der Waals surface area (Å²) in [7, 11) is 0. The smallest absolute Gasteiger partial charge is 0.293 e. The van der Waals surface area contributed by atoms with Crippen LogP contribution < -0.4 is 5.32 Å². The number of alkyl halides is 1. The van der Waals surface area contributed by atoms with Crippen LogP contribution >= 0.6 is 22.9 Å². The number of aromatic nitrogens is 1. The van der Waals surface area contributed by atoms with Gasteiger partial charge in [0.1, 0.15) is 5.76 Å². The van der Waals surface area contributed by atoms with Crippen molar-refractivity contribution in [1.29, 1.82) is 0 Å². The Morgan fingerprint density at radius 3 is 3.00 bits per heavy atom. The first kappa shape index (κ1) is 11.2. The van der Waals surface area contributed by atoms with E-state index in [1.54, 1.807) is 24.4 Å². The van der Waals surface area contributed by atoms with Crippen LogP contribution in [0.5, 0.6) is 0 Å². The Balaban J connectivity index is 2.07. The van der Waals surface area contributed by atoms with Crippen LogP contribution in [0.3, 0.4) is 0 Å². The van der Waals surface area contributed by atoms with Gasteiger partial charge >= 0.3 is 0 Å². The molecular formula is C10H9ClN2O2S. The summed E-state index contributed by atoms with van der Waals surface area (Å²) in [6.07, 6.45) is 0. The van der Waals surface area contributed by atoms with E-state index in [9.17, 15) is 4.79 Å². The Labute approximate surface area is 101 Å². The number of carbonyl (C=O) groups excluding carboxylic acids is 1. The molecule has 16 heavy (non-hydrogen) atoms. The van der Waals surface area contributed by atoms with Crippen molar-refractivity contribution in [3.8, 4) is 0 Å². The predicted molar refractivity (Wildman–Crippen MR) is 63.1 cm³/mol. The fourth-order valence-corrected chi connectivity index (χ4v) is 2.07. The fourth-order valence-electron chi connectivity index (χ4n) is 1.14. The minimum atomic E-state index is -0.302. The van der Waals surface area contributed by atoms with E-state index < -0.39 is 0 Å². The second kappa shape index (κ2) is 4.67. The minimum absolute atomic E-state index is 0.278. The molecule has 0 aliphatic carbocycles. The van der Waals surface area contributed by atoms with Gasteiger partial charge in [0.25, 0.3) is 5.91 Å². The molecule has 0 saturated carbocycles. The molecule has 1 N–H and O–H groups in total. The zero-order valence-corrected chi connectivity index (χ0v) is 10.1. The molecule has 0 radical (unpaired) electrons. The largest absolute Gasteiger partial charge is 0.456 e. The number of carbonyl (C=O) groups is 1. The van der Waals surface area contributed by atoms with Crippen LogP contribution in [0.25, 0.3) is 0 Å². The molecule has 0 aromatic carbocycles. The van der Waals surface area contributed by atoms with Gasteiger partial charge in [-0.3, -0.25) is 10.1 Å². The Morgan fingerprint density at radius 2 is 2.44 bits per heavy atom. The molecule has 0 atom stereocenters. The van der Waals surface area contributed by atoms with Gasteiger partial charge in [0.2, 0.25) is 0 Å². The summed E-state index contributed by atoms with van der Waals surface area (Å²) in [4.78, 5) is 15.8. The van der Waals surface area contributed by atoms with Crippen LogP contribution in [0.2, 0.25) is 0 Å². The first-order valence-electron chi connectivity index (χ1n) is 4.57. The Hall–Kier alpha value is -1.33. The van der Waals surface area contributed by atoms with E-state index in [0.29, 0.717) is 16.8 Å². The molecule has 0 unspecified atom stereocenters. The number of halogens is 1. The molecular weight excluding hydrogens is 248 g/mol. The fraction of sp³-hybridized carbons (Fsp3) is 0.200. The van der Waals surface area contributed by atoms with Gasteiger partial charge in [-0.25, -0.2) is 4.98 Å². The van der Waals surface area contributed by atoms with Crippen molar-refractivity contribution in [2.24, 2.45) is 0 Å². The van der Waals surface area contributed by atoms with Crippen molar-refractivity contribution in [3.63, 3.8) is 0 Å². The third-order valence-corrected chi connectivity index (χ3v) is 2.95. The second-order valence-corrected chi connectivity index (χ2v) is 4.27. The summed E-state index contributed by atoms with van der Waals surface area (Å²) in [6.45, 7) is 1.78. The van der Waals surface area contributed by atoms with Crippen LogP contribution in [0.1, 0.15) is 22.0 Å². The highest BCUT2D eigenvalue weighted by molar-refractivity contribution is 7.14. The molecule has 0 fully saturated rings. The summed E-state index contributed by atoms with van der Waals surface area (Å²) in [5.74, 6) is 1.01. The third-order valence-electron chi connectivity index (χ3n) is 1.87. The van der Waals surface area contributed by atoms with Gasteiger partial charge in [0.15, 0.2) is 10.9 Å². The number of furan rings is 1. The predicted octanol–water partition coefficient (Wildman–Crippen LogP) is 3.04. The molecule has 6 heteroatoms. The molecule has 2 aromatic heterocycles. The third kappa shape index (κ3) is 2.43. The highest BCUT2D eigenvalue weighted by Crippen LogP contribution is 2.18. The maximum absolute atomic E-state index is 11.7. The topological polar surface area (TPSA) is 55.1 Å². The molecule has 0 aliphatic rings. The van der Waals surface area contributed by atoms with Gasteiger partial charge < -0.3 is 4.42 Å². The molecule has 2 aromatic rings.